The molecule has 0 unspecified atom stereocenters. The monoisotopic (exact) mass is 296 g/mol. The van der Waals surface area contributed by atoms with Gasteiger partial charge < -0.3 is 11.1 Å². The summed E-state index contributed by atoms with van der Waals surface area (Å²) in [5, 5.41) is 10.7. The lowest BCUT2D eigenvalue weighted by atomic mass is 10.0. The summed E-state index contributed by atoms with van der Waals surface area (Å²) in [5.74, 6) is 0.302. The summed E-state index contributed by atoms with van der Waals surface area (Å²) < 4.78 is 38.4. The van der Waals surface area contributed by atoms with Gasteiger partial charge >= 0.3 is 6.18 Å². The van der Waals surface area contributed by atoms with Crippen molar-refractivity contribution in [2.75, 3.05) is 17.6 Å². The molecule has 0 atom stereocenters. The maximum Gasteiger partial charge on any atom is 0.416 e. The molecule has 0 radical (unpaired) electrons. The fourth-order valence-electron chi connectivity index (χ4n) is 1.91. The number of halogens is 3. The topological polar surface area (TPSA) is 63.8 Å². The molecule has 0 aliphatic heterocycles. The molecule has 3 N–H and O–H groups in total. The van der Waals surface area contributed by atoms with Gasteiger partial charge in [0.1, 0.15) is 5.82 Å². The van der Waals surface area contributed by atoms with Crippen molar-refractivity contribution in [3.8, 4) is 11.3 Å². The Balaban J connectivity index is 2.54. The van der Waals surface area contributed by atoms with Crippen LogP contribution in [-0.4, -0.2) is 16.7 Å². The third-order valence-electron chi connectivity index (χ3n) is 3.01. The molecule has 0 aliphatic rings. The maximum atomic E-state index is 12.8. The predicted molar refractivity (Wildman–Crippen MR) is 75.8 cm³/mol. The van der Waals surface area contributed by atoms with E-state index in [-0.39, 0.29) is 0 Å². The molecule has 0 saturated heterocycles. The van der Waals surface area contributed by atoms with Crippen molar-refractivity contribution in [1.82, 2.24) is 10.2 Å². The molecule has 0 spiro atoms. The van der Waals surface area contributed by atoms with Gasteiger partial charge in [-0.1, -0.05) is 6.07 Å². The van der Waals surface area contributed by atoms with Crippen LogP contribution in [0.1, 0.15) is 18.1 Å². The van der Waals surface area contributed by atoms with Gasteiger partial charge in [-0.25, -0.2) is 0 Å². The largest absolute Gasteiger partial charge is 0.416 e. The Morgan fingerprint density at radius 1 is 1.19 bits per heavy atom. The van der Waals surface area contributed by atoms with Gasteiger partial charge in [0.05, 0.1) is 11.3 Å². The zero-order valence-electron chi connectivity index (χ0n) is 11.6. The number of anilines is 2. The highest BCUT2D eigenvalue weighted by atomic mass is 19.4. The molecule has 21 heavy (non-hydrogen) atoms. The molecule has 0 bridgehead atoms. The Kier molecular flexibility index (Phi) is 4.02. The molecule has 1 aromatic carbocycles. The second-order valence-electron chi connectivity index (χ2n) is 4.59. The van der Waals surface area contributed by atoms with Crippen LogP contribution < -0.4 is 11.1 Å². The molecule has 2 rings (SSSR count). The van der Waals surface area contributed by atoms with Crippen LogP contribution in [0.5, 0.6) is 0 Å². The van der Waals surface area contributed by atoms with Gasteiger partial charge in [0.2, 0.25) is 0 Å². The average Bonchev–Trinajstić information content (AvgIpc) is 2.41. The van der Waals surface area contributed by atoms with E-state index < -0.39 is 11.7 Å². The van der Waals surface area contributed by atoms with Crippen LogP contribution in [0.25, 0.3) is 11.3 Å². The lowest BCUT2D eigenvalue weighted by Gasteiger charge is -2.14. The van der Waals surface area contributed by atoms with Gasteiger partial charge in [0.25, 0.3) is 0 Å². The standard InChI is InChI=1S/C14H15F3N4/c1-3-19-11-7-9(14(15,16)17)4-5-10(11)12-6-8(2)13(18)21-20-12/h4-7,19H,3H2,1-2H3,(H2,18,21). The molecule has 4 nitrogen and oxygen atoms in total. The van der Waals surface area contributed by atoms with Crippen LogP contribution in [0.3, 0.4) is 0 Å². The maximum absolute atomic E-state index is 12.8. The normalized spacial score (nSPS) is 11.5. The number of nitrogens with one attached hydrogen (secondary N) is 1. The number of hydrogen-bond donors (Lipinski definition) is 2. The molecule has 1 aromatic heterocycles. The summed E-state index contributed by atoms with van der Waals surface area (Å²) in [6, 6.07) is 5.20. The van der Waals surface area contributed by atoms with Crippen LogP contribution in [0.2, 0.25) is 0 Å². The van der Waals surface area contributed by atoms with E-state index in [1.165, 1.54) is 6.07 Å². The molecule has 2 aromatic rings. The first-order chi connectivity index (χ1) is 9.82. The minimum Gasteiger partial charge on any atom is -0.385 e. The third-order valence-corrected chi connectivity index (χ3v) is 3.01. The molecule has 0 fully saturated rings. The molecule has 0 amide bonds. The number of nitrogens with two attached hydrogens (primary N) is 1. The minimum absolute atomic E-state index is 0.302. The van der Waals surface area contributed by atoms with Crippen LogP contribution in [0, 0.1) is 6.92 Å². The highest BCUT2D eigenvalue weighted by Gasteiger charge is 2.31. The lowest BCUT2D eigenvalue weighted by molar-refractivity contribution is -0.137. The molecular weight excluding hydrogens is 281 g/mol. The zero-order chi connectivity index (χ0) is 15.6. The van der Waals surface area contributed by atoms with E-state index in [0.29, 0.717) is 29.3 Å². The summed E-state index contributed by atoms with van der Waals surface area (Å²) >= 11 is 0. The zero-order valence-corrected chi connectivity index (χ0v) is 11.6. The van der Waals surface area contributed by atoms with Gasteiger partial charge in [0, 0.05) is 17.8 Å². The first-order valence-corrected chi connectivity index (χ1v) is 6.38. The first-order valence-electron chi connectivity index (χ1n) is 6.38. The number of alkyl halides is 3. The van der Waals surface area contributed by atoms with Crippen molar-refractivity contribution < 1.29 is 13.2 Å². The van der Waals surface area contributed by atoms with E-state index in [4.69, 9.17) is 5.73 Å². The molecular formula is C14H15F3N4. The van der Waals surface area contributed by atoms with Crippen molar-refractivity contribution in [1.29, 1.82) is 0 Å². The molecule has 0 aliphatic carbocycles. The van der Waals surface area contributed by atoms with Crippen LogP contribution in [-0.2, 0) is 6.18 Å². The molecule has 112 valence electrons. The van der Waals surface area contributed by atoms with Crippen molar-refractivity contribution in [2.45, 2.75) is 20.0 Å². The van der Waals surface area contributed by atoms with E-state index in [0.717, 1.165) is 17.7 Å². The number of hydrogen-bond acceptors (Lipinski definition) is 4. The van der Waals surface area contributed by atoms with E-state index >= 15 is 0 Å². The van der Waals surface area contributed by atoms with Crippen molar-refractivity contribution in [2.24, 2.45) is 0 Å². The highest BCUT2D eigenvalue weighted by Crippen LogP contribution is 2.35. The van der Waals surface area contributed by atoms with Crippen molar-refractivity contribution in [3.63, 3.8) is 0 Å². The minimum atomic E-state index is -4.38. The van der Waals surface area contributed by atoms with Gasteiger partial charge in [-0.2, -0.15) is 13.2 Å². The molecule has 7 heteroatoms. The quantitative estimate of drug-likeness (QED) is 0.910. The van der Waals surface area contributed by atoms with Crippen LogP contribution in [0.15, 0.2) is 24.3 Å². The number of nitrogens with zero attached hydrogens (tertiary/aromatic N) is 2. The van der Waals surface area contributed by atoms with Crippen molar-refractivity contribution in [3.05, 3.63) is 35.4 Å². The van der Waals surface area contributed by atoms with Crippen LogP contribution in [0.4, 0.5) is 24.7 Å². The van der Waals surface area contributed by atoms with E-state index in [9.17, 15) is 13.2 Å². The summed E-state index contributed by atoms with van der Waals surface area (Å²) in [7, 11) is 0. The number of aromatic nitrogens is 2. The van der Waals surface area contributed by atoms with Gasteiger partial charge in [-0.3, -0.25) is 0 Å². The summed E-state index contributed by atoms with van der Waals surface area (Å²) in [6.07, 6.45) is -4.38. The Morgan fingerprint density at radius 3 is 2.48 bits per heavy atom. The van der Waals surface area contributed by atoms with E-state index in [2.05, 4.69) is 15.5 Å². The Labute approximate surface area is 120 Å². The number of rotatable bonds is 3. The fourth-order valence-corrected chi connectivity index (χ4v) is 1.91. The first kappa shape index (κ1) is 15.1. The fraction of sp³-hybridized carbons (Fsp3) is 0.286. The second kappa shape index (κ2) is 5.59. The third kappa shape index (κ3) is 3.24. The Hall–Kier alpha value is -2.31. The summed E-state index contributed by atoms with van der Waals surface area (Å²) in [4.78, 5) is 0. The number of benzene rings is 1. The smallest absolute Gasteiger partial charge is 0.385 e. The summed E-state index contributed by atoms with van der Waals surface area (Å²) in [5.41, 5.74) is 7.03. The summed E-state index contributed by atoms with van der Waals surface area (Å²) in [6.45, 7) is 4.07. The molecule has 0 saturated carbocycles. The highest BCUT2D eigenvalue weighted by molar-refractivity contribution is 5.76. The van der Waals surface area contributed by atoms with Gasteiger partial charge in [-0.05, 0) is 37.6 Å². The second-order valence-corrected chi connectivity index (χ2v) is 4.59. The van der Waals surface area contributed by atoms with Crippen molar-refractivity contribution >= 4 is 11.5 Å². The lowest BCUT2D eigenvalue weighted by Crippen LogP contribution is -2.08. The van der Waals surface area contributed by atoms with Gasteiger partial charge in [-0.15, -0.1) is 10.2 Å². The Bertz CT molecular complexity index is 653. The SMILES string of the molecule is CCNc1cc(C(F)(F)F)ccc1-c1cc(C)c(N)nn1. The number of nitrogen functional groups attached to an aromatic ring is 1. The Morgan fingerprint density at radius 2 is 1.90 bits per heavy atom. The molecule has 1 heterocycles. The van der Waals surface area contributed by atoms with E-state index in [1.807, 2.05) is 6.92 Å². The van der Waals surface area contributed by atoms with E-state index in [1.54, 1.807) is 13.0 Å². The number of aryl methyl sites for hydroxylation is 1. The predicted octanol–water partition coefficient (Wildman–Crippen LogP) is 3.48. The average molecular weight is 296 g/mol. The van der Waals surface area contributed by atoms with Gasteiger partial charge in [0.15, 0.2) is 0 Å². The van der Waals surface area contributed by atoms with Crippen LogP contribution >= 0.6 is 0 Å².